The van der Waals surface area contributed by atoms with E-state index in [1.54, 1.807) is 36.4 Å². The highest BCUT2D eigenvalue weighted by molar-refractivity contribution is 7.90. The molecule has 3 aromatic carbocycles. The minimum absolute atomic E-state index is 0.237. The molecule has 0 heterocycles. The van der Waals surface area contributed by atoms with Crippen LogP contribution >= 0.6 is 0 Å². The molecule has 3 aromatic rings. The van der Waals surface area contributed by atoms with Gasteiger partial charge in [-0.25, -0.2) is 13.2 Å². The van der Waals surface area contributed by atoms with E-state index in [4.69, 9.17) is 4.74 Å². The van der Waals surface area contributed by atoms with Gasteiger partial charge in [-0.1, -0.05) is 29.8 Å². The van der Waals surface area contributed by atoms with Crippen molar-refractivity contribution in [2.75, 3.05) is 11.6 Å². The number of carbonyl (C=O) groups is 1. The van der Waals surface area contributed by atoms with Crippen LogP contribution in [-0.2, 0) is 16.4 Å². The summed E-state index contributed by atoms with van der Waals surface area (Å²) in [7, 11) is -3.24. The molecule has 0 aliphatic rings. The van der Waals surface area contributed by atoms with Crippen molar-refractivity contribution in [3.8, 4) is 11.5 Å². The maximum Gasteiger partial charge on any atom is 0.319 e. The highest BCUT2D eigenvalue weighted by Gasteiger charge is 2.07. The molecule has 150 valence electrons. The summed E-state index contributed by atoms with van der Waals surface area (Å²) in [5.41, 5.74) is 2.83. The summed E-state index contributed by atoms with van der Waals surface area (Å²) >= 11 is 0. The first kappa shape index (κ1) is 20.4. The third-order valence-electron chi connectivity index (χ3n) is 4.17. The normalized spacial score (nSPS) is 11.0. The molecule has 0 fully saturated rings. The minimum Gasteiger partial charge on any atom is -0.457 e. The number of benzene rings is 3. The van der Waals surface area contributed by atoms with Gasteiger partial charge in [0.1, 0.15) is 11.5 Å². The van der Waals surface area contributed by atoms with Gasteiger partial charge in [-0.05, 0) is 61.0 Å². The van der Waals surface area contributed by atoms with Crippen molar-refractivity contribution in [3.63, 3.8) is 0 Å². The monoisotopic (exact) mass is 410 g/mol. The largest absolute Gasteiger partial charge is 0.457 e. The van der Waals surface area contributed by atoms with Crippen molar-refractivity contribution in [3.05, 3.63) is 83.9 Å². The topological polar surface area (TPSA) is 84.5 Å². The van der Waals surface area contributed by atoms with Crippen molar-refractivity contribution < 1.29 is 17.9 Å². The number of rotatable bonds is 6. The Kier molecular flexibility index (Phi) is 6.19. The van der Waals surface area contributed by atoms with Gasteiger partial charge in [0, 0.05) is 18.5 Å². The van der Waals surface area contributed by atoms with Crippen LogP contribution in [0.4, 0.5) is 10.5 Å². The molecule has 29 heavy (non-hydrogen) atoms. The predicted octanol–water partition coefficient (Wildman–Crippen LogP) is 4.51. The zero-order chi connectivity index (χ0) is 20.9. The quantitative estimate of drug-likeness (QED) is 0.626. The highest BCUT2D eigenvalue weighted by Crippen LogP contribution is 2.24. The van der Waals surface area contributed by atoms with Crippen LogP contribution in [0.5, 0.6) is 11.5 Å². The number of ether oxygens (including phenoxy) is 1. The molecule has 2 N–H and O–H groups in total. The molecule has 7 heteroatoms. The fourth-order valence-electron chi connectivity index (χ4n) is 2.56. The molecule has 0 spiro atoms. The Labute approximate surface area is 170 Å². The molecule has 0 aromatic heterocycles. The Bertz CT molecular complexity index is 1080. The summed E-state index contributed by atoms with van der Waals surface area (Å²) in [6.45, 7) is 2.46. The van der Waals surface area contributed by atoms with Gasteiger partial charge < -0.3 is 15.4 Å². The first-order valence-electron chi connectivity index (χ1n) is 8.98. The lowest BCUT2D eigenvalue weighted by atomic mass is 10.1. The standard InChI is InChI=1S/C22H22N2O4S/c1-16-3-5-17(6-4-16)15-23-22(25)24-18-7-9-19(10-8-18)28-20-11-13-21(14-12-20)29(2,26)27/h3-14H,15H2,1-2H3,(H2,23,24,25). The van der Waals surface area contributed by atoms with Crippen LogP contribution in [0.3, 0.4) is 0 Å². The smallest absolute Gasteiger partial charge is 0.319 e. The second kappa shape index (κ2) is 8.79. The van der Waals surface area contributed by atoms with Crippen LogP contribution in [0.2, 0.25) is 0 Å². The Morgan fingerprint density at radius 1 is 0.862 bits per heavy atom. The van der Waals surface area contributed by atoms with E-state index < -0.39 is 9.84 Å². The molecular formula is C22H22N2O4S. The van der Waals surface area contributed by atoms with E-state index in [0.717, 1.165) is 11.8 Å². The van der Waals surface area contributed by atoms with E-state index in [0.29, 0.717) is 23.7 Å². The SMILES string of the molecule is Cc1ccc(CNC(=O)Nc2ccc(Oc3ccc(S(C)(=O)=O)cc3)cc2)cc1. The Hall–Kier alpha value is -3.32. The van der Waals surface area contributed by atoms with Gasteiger partial charge in [0.15, 0.2) is 9.84 Å². The maximum atomic E-state index is 12.0. The van der Waals surface area contributed by atoms with Gasteiger partial charge in [-0.15, -0.1) is 0 Å². The van der Waals surface area contributed by atoms with Gasteiger partial charge >= 0.3 is 6.03 Å². The summed E-state index contributed by atoms with van der Waals surface area (Å²) < 4.78 is 28.7. The number of carbonyl (C=O) groups excluding carboxylic acids is 1. The highest BCUT2D eigenvalue weighted by atomic mass is 32.2. The van der Waals surface area contributed by atoms with Crippen LogP contribution in [0, 0.1) is 6.92 Å². The van der Waals surface area contributed by atoms with Gasteiger partial charge in [0.25, 0.3) is 0 Å². The number of sulfone groups is 1. The Morgan fingerprint density at radius 2 is 1.41 bits per heavy atom. The molecule has 0 saturated heterocycles. The number of nitrogens with one attached hydrogen (secondary N) is 2. The van der Waals surface area contributed by atoms with Crippen LogP contribution in [0.25, 0.3) is 0 Å². The van der Waals surface area contributed by atoms with Crippen LogP contribution in [-0.4, -0.2) is 20.7 Å². The lowest BCUT2D eigenvalue weighted by Gasteiger charge is -2.10. The predicted molar refractivity (Wildman–Crippen MR) is 113 cm³/mol. The zero-order valence-electron chi connectivity index (χ0n) is 16.2. The maximum absolute atomic E-state index is 12.0. The number of hydrogen-bond acceptors (Lipinski definition) is 4. The second-order valence-electron chi connectivity index (χ2n) is 6.66. The third kappa shape index (κ3) is 6.08. The second-order valence-corrected chi connectivity index (χ2v) is 8.68. The average molecular weight is 410 g/mol. The summed E-state index contributed by atoms with van der Waals surface area (Å²) in [6.07, 6.45) is 1.16. The first-order chi connectivity index (χ1) is 13.8. The molecule has 0 unspecified atom stereocenters. The van der Waals surface area contributed by atoms with Crippen LogP contribution in [0.15, 0.2) is 77.7 Å². The van der Waals surface area contributed by atoms with E-state index in [9.17, 15) is 13.2 Å². The van der Waals surface area contributed by atoms with E-state index in [-0.39, 0.29) is 10.9 Å². The summed E-state index contributed by atoms with van der Waals surface area (Å²) in [6, 6.07) is 20.8. The summed E-state index contributed by atoms with van der Waals surface area (Å²) in [4.78, 5) is 12.3. The summed E-state index contributed by atoms with van der Waals surface area (Å²) in [5.74, 6) is 1.09. The zero-order valence-corrected chi connectivity index (χ0v) is 17.0. The van der Waals surface area contributed by atoms with Crippen molar-refractivity contribution in [1.29, 1.82) is 0 Å². The number of hydrogen-bond donors (Lipinski definition) is 2. The number of amides is 2. The molecular weight excluding hydrogens is 388 g/mol. The van der Waals surface area contributed by atoms with E-state index >= 15 is 0 Å². The Balaban J connectivity index is 1.53. The number of anilines is 1. The van der Waals surface area contributed by atoms with Crippen molar-refractivity contribution in [2.45, 2.75) is 18.4 Å². The summed E-state index contributed by atoms with van der Waals surface area (Å²) in [5, 5.41) is 5.57. The van der Waals surface area contributed by atoms with Crippen molar-refractivity contribution in [2.24, 2.45) is 0 Å². The molecule has 6 nitrogen and oxygen atoms in total. The van der Waals surface area contributed by atoms with Crippen LogP contribution < -0.4 is 15.4 Å². The lowest BCUT2D eigenvalue weighted by Crippen LogP contribution is -2.28. The van der Waals surface area contributed by atoms with E-state index in [1.165, 1.54) is 17.7 Å². The number of aryl methyl sites for hydroxylation is 1. The van der Waals surface area contributed by atoms with E-state index in [1.807, 2.05) is 31.2 Å². The average Bonchev–Trinajstić information content (AvgIpc) is 2.69. The molecule has 2 amide bonds. The van der Waals surface area contributed by atoms with Gasteiger partial charge in [-0.2, -0.15) is 0 Å². The molecule has 0 bridgehead atoms. The van der Waals surface area contributed by atoms with Gasteiger partial charge in [0.05, 0.1) is 4.90 Å². The molecule has 0 aliphatic carbocycles. The minimum atomic E-state index is -3.24. The fourth-order valence-corrected chi connectivity index (χ4v) is 3.19. The number of urea groups is 1. The van der Waals surface area contributed by atoms with Crippen molar-refractivity contribution >= 4 is 21.6 Å². The molecule has 0 radical (unpaired) electrons. The Morgan fingerprint density at radius 3 is 1.97 bits per heavy atom. The van der Waals surface area contributed by atoms with Gasteiger partial charge in [-0.3, -0.25) is 0 Å². The lowest BCUT2D eigenvalue weighted by molar-refractivity contribution is 0.251. The molecule has 0 saturated carbocycles. The van der Waals surface area contributed by atoms with E-state index in [2.05, 4.69) is 10.6 Å². The van der Waals surface area contributed by atoms with Crippen LogP contribution in [0.1, 0.15) is 11.1 Å². The van der Waals surface area contributed by atoms with Gasteiger partial charge in [0.2, 0.25) is 0 Å². The molecule has 0 atom stereocenters. The van der Waals surface area contributed by atoms with Crippen molar-refractivity contribution in [1.82, 2.24) is 5.32 Å². The first-order valence-corrected chi connectivity index (χ1v) is 10.9. The molecule has 3 rings (SSSR count). The third-order valence-corrected chi connectivity index (χ3v) is 5.30. The fraction of sp³-hybridized carbons (Fsp3) is 0.136. The molecule has 0 aliphatic heterocycles.